The summed E-state index contributed by atoms with van der Waals surface area (Å²) in [7, 11) is 0. The monoisotopic (exact) mass is 261 g/mol. The van der Waals surface area contributed by atoms with Crippen molar-refractivity contribution in [2.45, 2.75) is 0 Å². The molecule has 5 heteroatoms. The molecule has 4 aromatic heterocycles. The van der Waals surface area contributed by atoms with Gasteiger partial charge in [-0.25, -0.2) is 15.0 Å². The zero-order valence-electron chi connectivity index (χ0n) is 10.6. The normalized spacial score (nSPS) is 11.2. The summed E-state index contributed by atoms with van der Waals surface area (Å²) in [6, 6.07) is 11.9. The summed E-state index contributed by atoms with van der Waals surface area (Å²) < 4.78 is 2.06. The van der Waals surface area contributed by atoms with Gasteiger partial charge in [-0.1, -0.05) is 6.07 Å². The van der Waals surface area contributed by atoms with E-state index in [0.717, 1.165) is 27.8 Å². The van der Waals surface area contributed by atoms with Crippen LogP contribution in [0.5, 0.6) is 0 Å². The molecule has 0 unspecified atom stereocenters. The first-order valence-corrected chi connectivity index (χ1v) is 6.27. The molecule has 0 aliphatic carbocycles. The van der Waals surface area contributed by atoms with E-state index in [0.29, 0.717) is 0 Å². The zero-order valence-corrected chi connectivity index (χ0v) is 10.6. The Bertz CT molecular complexity index is 873. The third kappa shape index (κ3) is 1.46. The molecule has 4 heterocycles. The van der Waals surface area contributed by atoms with Crippen molar-refractivity contribution in [3.05, 3.63) is 55.0 Å². The Kier molecular flexibility index (Phi) is 2.20. The number of nitrogens with two attached hydrogens (primary N) is 1. The molecule has 0 saturated carbocycles. The van der Waals surface area contributed by atoms with Crippen LogP contribution in [0.15, 0.2) is 55.0 Å². The average Bonchev–Trinajstić information content (AvgIpc) is 2.82. The minimum atomic E-state index is 0.273. The minimum Gasteiger partial charge on any atom is -0.368 e. The number of nitrogens with zero attached hydrogens (tertiary/aromatic N) is 4. The van der Waals surface area contributed by atoms with Crippen molar-refractivity contribution in [3.8, 4) is 11.3 Å². The molecule has 5 nitrogen and oxygen atoms in total. The van der Waals surface area contributed by atoms with Gasteiger partial charge in [0.05, 0.1) is 11.2 Å². The fourth-order valence-corrected chi connectivity index (χ4v) is 2.54. The number of hydrogen-bond acceptors (Lipinski definition) is 4. The Morgan fingerprint density at radius 3 is 2.80 bits per heavy atom. The number of hydrogen-bond donors (Lipinski definition) is 1. The third-order valence-electron chi connectivity index (χ3n) is 3.33. The molecular formula is C15H11N5. The van der Waals surface area contributed by atoms with Crippen molar-refractivity contribution in [2.24, 2.45) is 0 Å². The topological polar surface area (TPSA) is 69.1 Å². The average molecular weight is 261 g/mol. The fraction of sp³-hybridized carbons (Fsp3) is 0. The van der Waals surface area contributed by atoms with Gasteiger partial charge in [0.15, 0.2) is 0 Å². The van der Waals surface area contributed by atoms with Gasteiger partial charge in [-0.05, 0) is 30.3 Å². The van der Waals surface area contributed by atoms with E-state index in [1.165, 1.54) is 0 Å². The van der Waals surface area contributed by atoms with Crippen molar-refractivity contribution >= 4 is 22.5 Å². The highest BCUT2D eigenvalue weighted by molar-refractivity contribution is 6.03. The molecule has 96 valence electrons. The minimum absolute atomic E-state index is 0.273. The molecule has 4 aromatic rings. The van der Waals surface area contributed by atoms with Crippen LogP contribution in [0.4, 0.5) is 5.95 Å². The SMILES string of the molecule is Nc1nccc(-c2c3cccnc3n3ccccc23)n1. The smallest absolute Gasteiger partial charge is 0.220 e. The molecule has 0 fully saturated rings. The maximum absolute atomic E-state index is 5.71. The van der Waals surface area contributed by atoms with Crippen molar-refractivity contribution in [1.82, 2.24) is 19.4 Å². The van der Waals surface area contributed by atoms with Crippen molar-refractivity contribution < 1.29 is 0 Å². The molecule has 0 bridgehead atoms. The summed E-state index contributed by atoms with van der Waals surface area (Å²) in [6.07, 6.45) is 5.46. The first-order valence-electron chi connectivity index (χ1n) is 6.27. The van der Waals surface area contributed by atoms with Gasteiger partial charge in [0, 0.05) is 29.5 Å². The molecule has 4 rings (SSSR count). The van der Waals surface area contributed by atoms with E-state index in [1.54, 1.807) is 12.4 Å². The molecule has 0 radical (unpaired) electrons. The van der Waals surface area contributed by atoms with Crippen LogP contribution >= 0.6 is 0 Å². The molecule has 2 N–H and O–H groups in total. The number of anilines is 1. The van der Waals surface area contributed by atoms with Crippen molar-refractivity contribution in [2.75, 3.05) is 5.73 Å². The van der Waals surface area contributed by atoms with Crippen LogP contribution in [-0.4, -0.2) is 19.4 Å². The predicted molar refractivity (Wildman–Crippen MR) is 78.1 cm³/mol. The highest BCUT2D eigenvalue weighted by atomic mass is 15.0. The number of pyridine rings is 2. The van der Waals surface area contributed by atoms with E-state index >= 15 is 0 Å². The summed E-state index contributed by atoms with van der Waals surface area (Å²) in [5.41, 5.74) is 9.52. The Morgan fingerprint density at radius 1 is 0.950 bits per heavy atom. The molecule has 20 heavy (non-hydrogen) atoms. The van der Waals surface area contributed by atoms with Gasteiger partial charge < -0.3 is 10.1 Å². The van der Waals surface area contributed by atoms with Crippen LogP contribution in [0.1, 0.15) is 0 Å². The second-order valence-corrected chi connectivity index (χ2v) is 4.51. The van der Waals surface area contributed by atoms with E-state index in [2.05, 4.69) is 25.4 Å². The van der Waals surface area contributed by atoms with E-state index in [9.17, 15) is 0 Å². The Balaban J connectivity index is 2.21. The van der Waals surface area contributed by atoms with Gasteiger partial charge in [-0.15, -0.1) is 0 Å². The highest BCUT2D eigenvalue weighted by Gasteiger charge is 2.14. The van der Waals surface area contributed by atoms with Gasteiger partial charge in [0.1, 0.15) is 5.65 Å². The number of fused-ring (bicyclic) bond motifs is 3. The predicted octanol–water partition coefficient (Wildman–Crippen LogP) is 2.53. The Labute approximate surface area is 114 Å². The molecule has 0 aliphatic heterocycles. The van der Waals surface area contributed by atoms with Crippen LogP contribution in [0.3, 0.4) is 0 Å². The largest absolute Gasteiger partial charge is 0.368 e. The molecule has 0 aromatic carbocycles. The van der Waals surface area contributed by atoms with Gasteiger partial charge in [0.2, 0.25) is 5.95 Å². The second kappa shape index (κ2) is 4.03. The van der Waals surface area contributed by atoms with Gasteiger partial charge in [0.25, 0.3) is 0 Å². The molecular weight excluding hydrogens is 250 g/mol. The van der Waals surface area contributed by atoms with Crippen molar-refractivity contribution in [1.29, 1.82) is 0 Å². The summed E-state index contributed by atoms with van der Waals surface area (Å²) in [5.74, 6) is 0.273. The maximum atomic E-state index is 5.71. The van der Waals surface area contributed by atoms with Crippen LogP contribution in [-0.2, 0) is 0 Å². The van der Waals surface area contributed by atoms with Gasteiger partial charge in [-0.2, -0.15) is 0 Å². The first-order chi connectivity index (χ1) is 9.84. The lowest BCUT2D eigenvalue weighted by atomic mass is 10.1. The van der Waals surface area contributed by atoms with Crippen molar-refractivity contribution in [3.63, 3.8) is 0 Å². The standard InChI is InChI=1S/C15H11N5/c16-15-18-8-6-11(19-15)13-10-4-3-7-17-14(10)20-9-2-1-5-12(13)20/h1-9H,(H2,16,18,19). The zero-order chi connectivity index (χ0) is 13.5. The quantitative estimate of drug-likeness (QED) is 0.571. The number of rotatable bonds is 1. The molecule has 0 amide bonds. The molecule has 0 saturated heterocycles. The van der Waals surface area contributed by atoms with Crippen LogP contribution in [0, 0.1) is 0 Å². The maximum Gasteiger partial charge on any atom is 0.220 e. The summed E-state index contributed by atoms with van der Waals surface area (Å²) >= 11 is 0. The third-order valence-corrected chi connectivity index (χ3v) is 3.33. The summed E-state index contributed by atoms with van der Waals surface area (Å²) in [6.45, 7) is 0. The highest BCUT2D eigenvalue weighted by Crippen LogP contribution is 2.33. The fourth-order valence-electron chi connectivity index (χ4n) is 2.54. The second-order valence-electron chi connectivity index (χ2n) is 4.51. The van der Waals surface area contributed by atoms with Gasteiger partial charge in [-0.3, -0.25) is 0 Å². The van der Waals surface area contributed by atoms with Gasteiger partial charge >= 0.3 is 0 Å². The molecule has 0 aliphatic rings. The van der Waals surface area contributed by atoms with E-state index in [1.807, 2.05) is 36.5 Å². The number of aromatic nitrogens is 4. The Hall–Kier alpha value is -2.95. The lowest BCUT2D eigenvalue weighted by Crippen LogP contribution is -1.95. The van der Waals surface area contributed by atoms with E-state index in [-0.39, 0.29) is 5.95 Å². The van der Waals surface area contributed by atoms with E-state index < -0.39 is 0 Å². The van der Waals surface area contributed by atoms with Crippen LogP contribution in [0.2, 0.25) is 0 Å². The lowest BCUT2D eigenvalue weighted by Gasteiger charge is -2.01. The molecule has 0 atom stereocenters. The number of nitrogen functional groups attached to an aromatic ring is 1. The summed E-state index contributed by atoms with van der Waals surface area (Å²) in [5, 5.41) is 1.05. The van der Waals surface area contributed by atoms with Crippen LogP contribution in [0.25, 0.3) is 27.8 Å². The lowest BCUT2D eigenvalue weighted by molar-refractivity contribution is 1.18. The molecule has 0 spiro atoms. The van der Waals surface area contributed by atoms with E-state index in [4.69, 9.17) is 5.73 Å². The summed E-state index contributed by atoms with van der Waals surface area (Å²) in [4.78, 5) is 12.8. The first kappa shape index (κ1) is 10.9. The Morgan fingerprint density at radius 2 is 1.90 bits per heavy atom. The van der Waals surface area contributed by atoms with Crippen LogP contribution < -0.4 is 5.73 Å².